The molecule has 2 rings (SSSR count). The van der Waals surface area contributed by atoms with Gasteiger partial charge in [-0.05, 0) is 33.0 Å². The Morgan fingerprint density at radius 3 is 1.84 bits per heavy atom. The molecule has 2 aromatic carbocycles. The molecule has 0 atom stereocenters. The van der Waals surface area contributed by atoms with Gasteiger partial charge in [0.05, 0.1) is 40.5 Å². The maximum absolute atomic E-state index is 12.4. The first kappa shape index (κ1) is 24.8. The number of likely N-dealkylation sites (N-methyl/N-ethyl adjacent to an activating group) is 1. The van der Waals surface area contributed by atoms with Crippen LogP contribution in [0.3, 0.4) is 0 Å². The van der Waals surface area contributed by atoms with E-state index in [1.54, 1.807) is 48.3 Å². The summed E-state index contributed by atoms with van der Waals surface area (Å²) in [7, 11) is 4.76. The van der Waals surface area contributed by atoms with Crippen molar-refractivity contribution in [3.8, 4) is 23.0 Å². The van der Waals surface area contributed by atoms with Gasteiger partial charge in [0, 0.05) is 35.6 Å². The molecule has 0 saturated heterocycles. The van der Waals surface area contributed by atoms with Crippen LogP contribution in [0.15, 0.2) is 36.4 Å². The van der Waals surface area contributed by atoms with Crippen molar-refractivity contribution in [1.29, 1.82) is 0 Å². The van der Waals surface area contributed by atoms with Crippen LogP contribution in [0.2, 0.25) is 0 Å². The van der Waals surface area contributed by atoms with Crippen LogP contribution in [0.1, 0.15) is 13.8 Å². The lowest BCUT2D eigenvalue weighted by Crippen LogP contribution is -2.36. The zero-order chi connectivity index (χ0) is 23.5. The second-order valence-electron chi connectivity index (χ2n) is 6.90. The molecular formula is C23H31N3O6. The summed E-state index contributed by atoms with van der Waals surface area (Å²) < 4.78 is 21.5. The van der Waals surface area contributed by atoms with Crippen molar-refractivity contribution >= 4 is 23.2 Å². The maximum atomic E-state index is 12.4. The van der Waals surface area contributed by atoms with E-state index in [-0.39, 0.29) is 24.9 Å². The van der Waals surface area contributed by atoms with Crippen molar-refractivity contribution in [2.75, 3.05) is 58.2 Å². The second-order valence-corrected chi connectivity index (χ2v) is 6.90. The van der Waals surface area contributed by atoms with Gasteiger partial charge < -0.3 is 29.6 Å². The van der Waals surface area contributed by atoms with Gasteiger partial charge in [0.2, 0.25) is 11.8 Å². The van der Waals surface area contributed by atoms with Gasteiger partial charge >= 0.3 is 0 Å². The topological polar surface area (TPSA) is 98.4 Å². The molecule has 0 aliphatic carbocycles. The zero-order valence-electron chi connectivity index (χ0n) is 19.2. The minimum Gasteiger partial charge on any atom is -0.497 e. The van der Waals surface area contributed by atoms with Crippen molar-refractivity contribution in [1.82, 2.24) is 4.90 Å². The van der Waals surface area contributed by atoms with Gasteiger partial charge in [0.25, 0.3) is 0 Å². The zero-order valence-corrected chi connectivity index (χ0v) is 19.2. The minimum absolute atomic E-state index is 0.0282. The first-order chi connectivity index (χ1) is 15.4. The molecule has 0 aliphatic heterocycles. The number of methoxy groups -OCH3 is 2. The molecule has 0 saturated carbocycles. The molecule has 0 aliphatic rings. The van der Waals surface area contributed by atoms with Gasteiger partial charge in [-0.1, -0.05) is 0 Å². The Hall–Kier alpha value is -3.46. The number of amides is 2. The van der Waals surface area contributed by atoms with E-state index in [2.05, 4.69) is 10.6 Å². The molecule has 0 bridgehead atoms. The number of hydrogen-bond acceptors (Lipinski definition) is 7. The van der Waals surface area contributed by atoms with E-state index in [9.17, 15) is 9.59 Å². The summed E-state index contributed by atoms with van der Waals surface area (Å²) in [6.07, 6.45) is 0. The maximum Gasteiger partial charge on any atom is 0.238 e. The van der Waals surface area contributed by atoms with Gasteiger partial charge in [-0.3, -0.25) is 14.5 Å². The molecule has 0 radical (unpaired) electrons. The number of anilines is 2. The molecule has 174 valence electrons. The van der Waals surface area contributed by atoms with Gasteiger partial charge in [-0.25, -0.2) is 0 Å². The second kappa shape index (κ2) is 12.4. The molecule has 0 spiro atoms. The van der Waals surface area contributed by atoms with E-state index in [1.807, 2.05) is 13.8 Å². The molecule has 9 heteroatoms. The van der Waals surface area contributed by atoms with Crippen LogP contribution in [-0.4, -0.2) is 64.3 Å². The summed E-state index contributed by atoms with van der Waals surface area (Å²) in [6, 6.07) is 10.3. The van der Waals surface area contributed by atoms with Crippen molar-refractivity contribution in [3.05, 3.63) is 36.4 Å². The monoisotopic (exact) mass is 445 g/mol. The third-order valence-corrected chi connectivity index (χ3v) is 4.29. The third-order valence-electron chi connectivity index (χ3n) is 4.29. The number of carbonyl (C=O) groups is 2. The van der Waals surface area contributed by atoms with E-state index in [1.165, 1.54) is 14.2 Å². The molecule has 9 nitrogen and oxygen atoms in total. The van der Waals surface area contributed by atoms with Crippen LogP contribution < -0.4 is 29.6 Å². The molecule has 2 aromatic rings. The molecule has 0 fully saturated rings. The predicted molar refractivity (Wildman–Crippen MR) is 123 cm³/mol. The summed E-state index contributed by atoms with van der Waals surface area (Å²) >= 11 is 0. The summed E-state index contributed by atoms with van der Waals surface area (Å²) in [6.45, 7) is 4.83. The lowest BCUT2D eigenvalue weighted by atomic mass is 10.2. The largest absolute Gasteiger partial charge is 0.497 e. The van der Waals surface area contributed by atoms with E-state index >= 15 is 0 Å². The Balaban J connectivity index is 1.91. The molecule has 0 aromatic heterocycles. The fourth-order valence-corrected chi connectivity index (χ4v) is 2.96. The Bertz CT molecular complexity index is 896. The fraction of sp³-hybridized carbons (Fsp3) is 0.391. The Morgan fingerprint density at radius 2 is 1.31 bits per heavy atom. The summed E-state index contributed by atoms with van der Waals surface area (Å²) in [4.78, 5) is 26.4. The van der Waals surface area contributed by atoms with E-state index < -0.39 is 0 Å². The highest BCUT2D eigenvalue weighted by atomic mass is 16.5. The van der Waals surface area contributed by atoms with Gasteiger partial charge in [0.1, 0.15) is 11.5 Å². The van der Waals surface area contributed by atoms with Crippen molar-refractivity contribution in [3.63, 3.8) is 0 Å². The van der Waals surface area contributed by atoms with Crippen LogP contribution >= 0.6 is 0 Å². The average Bonchev–Trinajstić information content (AvgIpc) is 2.75. The number of ether oxygens (including phenoxy) is 4. The Kier molecular flexibility index (Phi) is 9.62. The molecular weight excluding hydrogens is 414 g/mol. The first-order valence-corrected chi connectivity index (χ1v) is 10.3. The first-order valence-electron chi connectivity index (χ1n) is 10.3. The summed E-state index contributed by atoms with van der Waals surface area (Å²) in [5.74, 6) is 1.79. The number of nitrogens with zero attached hydrogens (tertiary/aromatic N) is 1. The third kappa shape index (κ3) is 7.66. The van der Waals surface area contributed by atoms with Gasteiger partial charge in [-0.2, -0.15) is 0 Å². The summed E-state index contributed by atoms with van der Waals surface area (Å²) in [5.41, 5.74) is 1.13. The normalized spacial score (nSPS) is 10.4. The highest BCUT2D eigenvalue weighted by Gasteiger charge is 2.13. The van der Waals surface area contributed by atoms with Crippen molar-refractivity contribution < 1.29 is 28.5 Å². The number of nitrogens with one attached hydrogen (secondary N) is 2. The van der Waals surface area contributed by atoms with Crippen LogP contribution in [-0.2, 0) is 9.59 Å². The Labute approximate surface area is 188 Å². The van der Waals surface area contributed by atoms with Crippen molar-refractivity contribution in [2.24, 2.45) is 0 Å². The number of carbonyl (C=O) groups excluding carboxylic acids is 2. The van der Waals surface area contributed by atoms with Crippen LogP contribution in [0.4, 0.5) is 11.4 Å². The van der Waals surface area contributed by atoms with Gasteiger partial charge in [0.15, 0.2) is 11.5 Å². The average molecular weight is 446 g/mol. The predicted octanol–water partition coefficient (Wildman–Crippen LogP) is 3.01. The van der Waals surface area contributed by atoms with E-state index in [0.717, 1.165) is 0 Å². The van der Waals surface area contributed by atoms with Crippen LogP contribution in [0, 0.1) is 0 Å². The van der Waals surface area contributed by atoms with Crippen LogP contribution in [0.5, 0.6) is 23.0 Å². The molecule has 0 unspecified atom stereocenters. The lowest BCUT2D eigenvalue weighted by molar-refractivity contribution is -0.119. The summed E-state index contributed by atoms with van der Waals surface area (Å²) in [5, 5.41) is 5.60. The van der Waals surface area contributed by atoms with Crippen molar-refractivity contribution in [2.45, 2.75) is 13.8 Å². The quantitative estimate of drug-likeness (QED) is 0.518. The van der Waals surface area contributed by atoms with E-state index in [0.29, 0.717) is 47.6 Å². The smallest absolute Gasteiger partial charge is 0.238 e. The van der Waals surface area contributed by atoms with Crippen LogP contribution in [0.25, 0.3) is 0 Å². The molecule has 32 heavy (non-hydrogen) atoms. The number of benzene rings is 2. The molecule has 0 heterocycles. The molecule has 2 N–H and O–H groups in total. The molecule has 2 amide bonds. The minimum atomic E-state index is -0.268. The SMILES string of the molecule is CCOc1ccc(NC(=O)CN(C)CC(=O)Nc2cc(OC)cc(OC)c2)cc1OCC. The highest BCUT2D eigenvalue weighted by molar-refractivity contribution is 5.95. The number of rotatable bonds is 12. The lowest BCUT2D eigenvalue weighted by Gasteiger charge is -2.17. The Morgan fingerprint density at radius 1 is 0.781 bits per heavy atom. The highest BCUT2D eigenvalue weighted by Crippen LogP contribution is 2.30. The van der Waals surface area contributed by atoms with Gasteiger partial charge in [-0.15, -0.1) is 0 Å². The number of hydrogen-bond donors (Lipinski definition) is 2. The standard InChI is InChI=1S/C23H31N3O6/c1-6-31-20-9-8-16(12-21(20)32-7-2)24-22(27)14-26(3)15-23(28)25-17-10-18(29-4)13-19(11-17)30-5/h8-13H,6-7,14-15H2,1-5H3,(H,24,27)(H,25,28). The van der Waals surface area contributed by atoms with E-state index in [4.69, 9.17) is 18.9 Å². The fourth-order valence-electron chi connectivity index (χ4n) is 2.96.